The van der Waals surface area contributed by atoms with Crippen LogP contribution in [0.5, 0.6) is 0 Å². The number of carboxylic acid groups (broad SMARTS) is 1. The minimum Gasteiger partial charge on any atom is -0.480 e. The van der Waals surface area contributed by atoms with Crippen LogP contribution in [0.3, 0.4) is 0 Å². The lowest BCUT2D eigenvalue weighted by atomic mass is 9.81. The van der Waals surface area contributed by atoms with Crippen LogP contribution in [0.4, 0.5) is 4.39 Å². The van der Waals surface area contributed by atoms with Gasteiger partial charge in [0.1, 0.15) is 12.4 Å². The van der Waals surface area contributed by atoms with Crippen molar-refractivity contribution in [1.29, 1.82) is 0 Å². The number of benzene rings is 2. The highest BCUT2D eigenvalue weighted by Gasteiger charge is 2.46. The third-order valence-corrected chi connectivity index (χ3v) is 16.0. The van der Waals surface area contributed by atoms with E-state index in [9.17, 15) is 67.7 Å². The maximum Gasteiger partial charge on any atom is 0.343 e. The topological polar surface area (TPSA) is 339 Å². The number of imide groups is 1. The Bertz CT molecular complexity index is 3460. The summed E-state index contributed by atoms with van der Waals surface area (Å²) < 4.78 is 22.1. The van der Waals surface area contributed by atoms with Crippen LogP contribution >= 0.6 is 0 Å². The molecule has 0 radical (unpaired) electrons. The molecule has 24 nitrogen and oxygen atoms in total. The van der Waals surface area contributed by atoms with Crippen LogP contribution in [0.25, 0.3) is 22.3 Å². The number of Topliss-reactive ketones (excluding diaryl/α,β-unsaturated/α-hetero) is 2. The molecule has 0 bridgehead atoms. The molecule has 3 atom stereocenters. The number of ketones is 2. The van der Waals surface area contributed by atoms with Gasteiger partial charge in [0.15, 0.2) is 17.2 Å². The third kappa shape index (κ3) is 15.2. The number of carboxylic acids is 1. The summed E-state index contributed by atoms with van der Waals surface area (Å²) in [5.74, 6) is -6.62. The van der Waals surface area contributed by atoms with E-state index in [0.29, 0.717) is 71.1 Å². The van der Waals surface area contributed by atoms with Crippen molar-refractivity contribution in [2.45, 2.75) is 135 Å². The predicted octanol–water partition coefficient (Wildman–Crippen LogP) is 2.06. The molecular formula is C61H70FN9O15. The van der Waals surface area contributed by atoms with Gasteiger partial charge in [0.05, 0.1) is 60.7 Å². The molecule has 25 heteroatoms. The highest BCUT2D eigenvalue weighted by atomic mass is 19.1. The van der Waals surface area contributed by atoms with Gasteiger partial charge in [0.25, 0.3) is 17.4 Å². The number of amides is 7. The summed E-state index contributed by atoms with van der Waals surface area (Å²) in [5.41, 5.74) is 2.10. The summed E-state index contributed by atoms with van der Waals surface area (Å²) in [5, 5.41) is 35.1. The van der Waals surface area contributed by atoms with Gasteiger partial charge in [0, 0.05) is 99.4 Å². The summed E-state index contributed by atoms with van der Waals surface area (Å²) in [6, 6.07) is 10.2. The van der Waals surface area contributed by atoms with Crippen molar-refractivity contribution in [2.75, 3.05) is 45.8 Å². The molecule has 0 fully saturated rings. The number of cyclic esters (lactones) is 1. The number of carbonyl (C=O) groups is 11. The van der Waals surface area contributed by atoms with Crippen LogP contribution in [0.2, 0.25) is 0 Å². The van der Waals surface area contributed by atoms with Gasteiger partial charge in [-0.15, -0.1) is 0 Å². The summed E-state index contributed by atoms with van der Waals surface area (Å²) >= 11 is 0. The average Bonchev–Trinajstić information content (AvgIpc) is 1.61. The lowest BCUT2D eigenvalue weighted by Gasteiger charge is -2.31. The molecule has 5 heterocycles. The lowest BCUT2D eigenvalue weighted by Crippen LogP contribution is -2.44. The van der Waals surface area contributed by atoms with Crippen LogP contribution in [0.15, 0.2) is 59.4 Å². The molecule has 4 aromatic rings. The summed E-state index contributed by atoms with van der Waals surface area (Å²) in [6.07, 6.45) is 4.22. The molecule has 3 aliphatic heterocycles. The molecule has 456 valence electrons. The van der Waals surface area contributed by atoms with E-state index in [0.717, 1.165) is 16.0 Å². The minimum absolute atomic E-state index is 0.00529. The first-order valence-corrected chi connectivity index (χ1v) is 28.9. The molecule has 0 saturated heterocycles. The number of hydrogen-bond donors (Lipinski definition) is 7. The number of halogens is 1. The number of hydrogen-bond acceptors (Lipinski definition) is 16. The maximum absolute atomic E-state index is 15.4. The van der Waals surface area contributed by atoms with Gasteiger partial charge in [0.2, 0.25) is 29.5 Å². The Kier molecular flexibility index (Phi) is 20.8. The highest BCUT2D eigenvalue weighted by Crippen LogP contribution is 2.46. The normalized spacial score (nSPS) is 16.7. The molecule has 7 amide bonds. The van der Waals surface area contributed by atoms with Crippen LogP contribution < -0.4 is 32.1 Å². The molecule has 0 saturated carbocycles. The van der Waals surface area contributed by atoms with Crippen molar-refractivity contribution in [2.24, 2.45) is 0 Å². The first kappa shape index (κ1) is 63.2. The summed E-state index contributed by atoms with van der Waals surface area (Å²) in [6.45, 7) is 2.05. The Hall–Kier alpha value is -8.84. The smallest absolute Gasteiger partial charge is 0.343 e. The number of esters is 1. The molecule has 2 aromatic carbocycles. The molecule has 0 unspecified atom stereocenters. The number of ether oxygens (including phenoxy) is 1. The molecule has 4 aliphatic rings. The van der Waals surface area contributed by atoms with Gasteiger partial charge >= 0.3 is 11.9 Å². The molecule has 86 heavy (non-hydrogen) atoms. The molecule has 8 rings (SSSR count). The zero-order valence-corrected chi connectivity index (χ0v) is 48.0. The van der Waals surface area contributed by atoms with E-state index in [2.05, 4.69) is 26.6 Å². The predicted molar refractivity (Wildman–Crippen MR) is 306 cm³/mol. The Balaban J connectivity index is 0.768. The SMILES string of the molecule is CC[C@@]1(O)C(=O)OCc2c1cc1n(c2=O)Cc2c-1nc1cc(F)c(C)c3c1c2[C@@H](NC(=O)CCCNC(=O)CCC(=O)[C@H](Cc1ccccc1)NC(=O)CCC(=O)CNC(=O)CN(CCNC(=O)CCCCCN1C(=O)C=CC1=O)CC(=O)O)CC3. The Labute approximate surface area is 493 Å². The number of rotatable bonds is 31. The fraction of sp³-hybridized carbons (Fsp3) is 0.459. The number of carbonyl (C=O) groups excluding carboxylic acids is 10. The second kappa shape index (κ2) is 28.4. The molecule has 7 N–H and O–H groups in total. The van der Waals surface area contributed by atoms with Crippen LogP contribution in [-0.2, 0) is 89.1 Å². The molecular weight excluding hydrogens is 1120 g/mol. The van der Waals surface area contributed by atoms with E-state index >= 15 is 4.39 Å². The molecule has 1 aliphatic carbocycles. The van der Waals surface area contributed by atoms with E-state index in [-0.39, 0.29) is 132 Å². The number of unbranched alkanes of at least 4 members (excludes halogenated alkanes) is 2. The largest absolute Gasteiger partial charge is 0.480 e. The zero-order valence-electron chi connectivity index (χ0n) is 48.0. The maximum atomic E-state index is 15.4. The summed E-state index contributed by atoms with van der Waals surface area (Å²) in [7, 11) is 0. The Morgan fingerprint density at radius 2 is 1.51 bits per heavy atom. The number of nitrogens with one attached hydrogen (secondary N) is 5. The second-order valence-electron chi connectivity index (χ2n) is 21.9. The van der Waals surface area contributed by atoms with Gasteiger partial charge in [-0.2, -0.15) is 0 Å². The fourth-order valence-electron chi connectivity index (χ4n) is 11.3. The highest BCUT2D eigenvalue weighted by molar-refractivity contribution is 6.12. The van der Waals surface area contributed by atoms with Gasteiger partial charge in [-0.25, -0.2) is 14.2 Å². The second-order valence-corrected chi connectivity index (χ2v) is 21.9. The van der Waals surface area contributed by atoms with Gasteiger partial charge in [-0.05, 0) is 80.2 Å². The van der Waals surface area contributed by atoms with Gasteiger partial charge in [-0.3, -0.25) is 62.5 Å². The van der Waals surface area contributed by atoms with Gasteiger partial charge in [-0.1, -0.05) is 43.7 Å². The minimum atomic E-state index is -2.05. The Morgan fingerprint density at radius 1 is 0.802 bits per heavy atom. The van der Waals surface area contributed by atoms with Crippen molar-refractivity contribution in [3.8, 4) is 11.4 Å². The van der Waals surface area contributed by atoms with Crippen molar-refractivity contribution < 1.29 is 72.1 Å². The number of pyridine rings is 2. The first-order valence-electron chi connectivity index (χ1n) is 28.9. The van der Waals surface area contributed by atoms with E-state index < -0.39 is 89.9 Å². The van der Waals surface area contributed by atoms with Crippen molar-refractivity contribution in [1.82, 2.24) is 45.9 Å². The van der Waals surface area contributed by atoms with Crippen LogP contribution in [0, 0.1) is 12.7 Å². The third-order valence-electron chi connectivity index (χ3n) is 16.0. The van der Waals surface area contributed by atoms with Crippen molar-refractivity contribution in [3.63, 3.8) is 0 Å². The zero-order chi connectivity index (χ0) is 61.8. The number of aromatic nitrogens is 2. The fourth-order valence-corrected chi connectivity index (χ4v) is 11.3. The number of nitrogens with zero attached hydrogens (tertiary/aromatic N) is 4. The standard InChI is InChI=1S/C61H70FN9O15/c1-3-61(85)41-28-46-58-39(31-71(46)59(83)40(41)34-86-60(61)84)57-43(17-16-38-35(2)42(62)29-45(68-58)56(38)57)66-50(76)14-10-23-63-49(75)20-18-47(73)44(27-36-11-6-4-7-12-36)67-51(77)19-15-37(72)30-65-52(78)32-69(33-55(81)82)26-24-64-48(74)13-8-5-9-25-70-53(79)21-22-54(70)80/h4,6-7,11-12,21-22,28-29,43-44,85H,3,5,8-10,13-20,23-27,30-34H2,1-2H3,(H,63,75)(H,64,74)(H,65,78)(H,66,76)(H,67,77)(H,81,82)/t43-,44-,61-/m0/s1. The molecule has 0 spiro atoms. The Morgan fingerprint density at radius 3 is 2.24 bits per heavy atom. The van der Waals surface area contributed by atoms with E-state index in [1.807, 2.05) is 0 Å². The number of fused-ring (bicyclic) bond motifs is 5. The van der Waals surface area contributed by atoms with Crippen LogP contribution in [0.1, 0.15) is 129 Å². The molecule has 2 aromatic heterocycles. The average molecular weight is 1190 g/mol. The van der Waals surface area contributed by atoms with E-state index in [1.54, 1.807) is 50.2 Å². The number of aliphatic carboxylic acids is 1. The summed E-state index contributed by atoms with van der Waals surface area (Å²) in [4.78, 5) is 160. The monoisotopic (exact) mass is 1190 g/mol. The van der Waals surface area contributed by atoms with E-state index in [1.165, 1.54) is 27.7 Å². The van der Waals surface area contributed by atoms with Crippen LogP contribution in [-0.4, -0.2) is 146 Å². The van der Waals surface area contributed by atoms with E-state index in [4.69, 9.17) is 9.72 Å². The van der Waals surface area contributed by atoms with Gasteiger partial charge < -0.3 is 46.1 Å². The quantitative estimate of drug-likeness (QED) is 0.0190. The van der Waals surface area contributed by atoms with Crippen molar-refractivity contribution in [3.05, 3.63) is 110 Å². The lowest BCUT2D eigenvalue weighted by molar-refractivity contribution is -0.172. The number of aliphatic hydroxyl groups is 1. The first-order chi connectivity index (χ1) is 41.1. The van der Waals surface area contributed by atoms with Crippen molar-refractivity contribution >= 4 is 75.8 Å². The number of aryl methyl sites for hydroxylation is 1.